The first kappa shape index (κ1) is 28.9. The predicted molar refractivity (Wildman–Crippen MR) is 160 cm³/mol. The van der Waals surface area contributed by atoms with Gasteiger partial charge in [-0.1, -0.05) is 12.1 Å². The summed E-state index contributed by atoms with van der Waals surface area (Å²) in [5.74, 6) is 1.04. The standard InChI is InChI=1S/C27H33BN6O5S2/c1-28(35)39-34(21-5-4-19-10-13-33(27(30)31)18-20(19)17-21)41(36,37)24-8-6-22(7-9-24)38-23-11-14-32(15-12-23)26(29)25-3-2-16-40-25/h2-9,16-17,23,29,35H,10-15,18H2,1H3,(H3,30,31). The third-order valence-corrected chi connectivity index (χ3v) is 9.64. The van der Waals surface area contributed by atoms with E-state index in [9.17, 15) is 13.4 Å². The summed E-state index contributed by atoms with van der Waals surface area (Å²) in [6.45, 7) is 3.75. The number of sulfonamides is 1. The zero-order valence-electron chi connectivity index (χ0n) is 22.7. The van der Waals surface area contributed by atoms with Crippen molar-refractivity contribution in [3.8, 4) is 5.75 Å². The second kappa shape index (κ2) is 12.1. The molecule has 14 heteroatoms. The smallest absolute Gasteiger partial charge is 0.477 e. The van der Waals surface area contributed by atoms with Gasteiger partial charge in [-0.25, -0.2) is 0 Å². The van der Waals surface area contributed by atoms with E-state index in [4.69, 9.17) is 26.0 Å². The van der Waals surface area contributed by atoms with E-state index >= 15 is 0 Å². The van der Waals surface area contributed by atoms with Crippen molar-refractivity contribution in [2.24, 2.45) is 5.73 Å². The molecule has 0 bridgehead atoms. The van der Waals surface area contributed by atoms with Crippen LogP contribution in [0.15, 0.2) is 64.9 Å². The van der Waals surface area contributed by atoms with Gasteiger partial charge >= 0.3 is 7.12 Å². The van der Waals surface area contributed by atoms with Gasteiger partial charge in [-0.05, 0) is 72.2 Å². The fourth-order valence-electron chi connectivity index (χ4n) is 5.00. The maximum absolute atomic E-state index is 13.7. The Hall–Kier alpha value is -3.59. The maximum atomic E-state index is 13.7. The lowest BCUT2D eigenvalue weighted by Crippen LogP contribution is -2.41. The van der Waals surface area contributed by atoms with Gasteiger partial charge in [0.05, 0.1) is 15.5 Å². The molecule has 1 saturated heterocycles. The van der Waals surface area contributed by atoms with Crippen molar-refractivity contribution in [3.63, 3.8) is 0 Å². The molecule has 0 amide bonds. The zero-order chi connectivity index (χ0) is 29.1. The molecule has 11 nitrogen and oxygen atoms in total. The van der Waals surface area contributed by atoms with Crippen LogP contribution in [0.2, 0.25) is 6.82 Å². The van der Waals surface area contributed by atoms with E-state index in [-0.39, 0.29) is 22.6 Å². The van der Waals surface area contributed by atoms with Crippen LogP contribution in [0.4, 0.5) is 5.69 Å². The van der Waals surface area contributed by atoms with Crippen LogP contribution in [-0.4, -0.2) is 67.9 Å². The molecule has 0 radical (unpaired) electrons. The highest BCUT2D eigenvalue weighted by atomic mass is 32.2. The molecule has 5 N–H and O–H groups in total. The SMILES string of the molecule is CB(O)ON(c1ccc2c(c1)CN(C(=N)N)CC2)S(=O)(=O)c1ccc(OC2CCN(C(=N)c3cccs3)CC2)cc1. The lowest BCUT2D eigenvalue weighted by atomic mass is 9.98. The number of piperidine rings is 1. The van der Waals surface area contributed by atoms with E-state index in [1.54, 1.807) is 40.5 Å². The van der Waals surface area contributed by atoms with Gasteiger partial charge in [0.15, 0.2) is 5.96 Å². The third-order valence-electron chi connectivity index (χ3n) is 7.16. The van der Waals surface area contributed by atoms with Gasteiger partial charge in [-0.3, -0.25) is 15.6 Å². The monoisotopic (exact) mass is 596 g/mol. The van der Waals surface area contributed by atoms with Gasteiger partial charge in [-0.2, -0.15) is 12.9 Å². The summed E-state index contributed by atoms with van der Waals surface area (Å²) in [5.41, 5.74) is 7.77. The molecule has 0 atom stereocenters. The van der Waals surface area contributed by atoms with Crippen LogP contribution in [0.25, 0.3) is 0 Å². The Bertz CT molecular complexity index is 1490. The molecular formula is C27H33BN6O5S2. The first-order chi connectivity index (χ1) is 19.6. The number of benzene rings is 2. The molecule has 216 valence electrons. The molecule has 41 heavy (non-hydrogen) atoms. The van der Waals surface area contributed by atoms with E-state index in [1.165, 1.54) is 19.0 Å². The average molecular weight is 597 g/mol. The number of fused-ring (bicyclic) bond motifs is 1. The number of hydrogen-bond donors (Lipinski definition) is 4. The van der Waals surface area contributed by atoms with Crippen LogP contribution < -0.4 is 14.9 Å². The Balaban J connectivity index is 1.28. The highest BCUT2D eigenvalue weighted by molar-refractivity contribution is 7.92. The number of likely N-dealkylation sites (tertiary alicyclic amines) is 1. The number of amidine groups is 1. The van der Waals surface area contributed by atoms with Gasteiger partial charge in [0, 0.05) is 39.0 Å². The van der Waals surface area contributed by atoms with Crippen molar-refractivity contribution < 1.29 is 22.9 Å². The van der Waals surface area contributed by atoms with E-state index in [1.807, 2.05) is 23.6 Å². The molecule has 1 fully saturated rings. The number of ether oxygens (including phenoxy) is 1. The summed E-state index contributed by atoms with van der Waals surface area (Å²) in [6, 6.07) is 15.2. The Morgan fingerprint density at radius 1 is 1.07 bits per heavy atom. The fraction of sp³-hybridized carbons (Fsp3) is 0.333. The first-order valence-electron chi connectivity index (χ1n) is 13.4. The third kappa shape index (κ3) is 6.51. The summed E-state index contributed by atoms with van der Waals surface area (Å²) < 4.78 is 39.6. The summed E-state index contributed by atoms with van der Waals surface area (Å²) in [4.78, 5) is 4.68. The van der Waals surface area contributed by atoms with E-state index < -0.39 is 17.1 Å². The normalized spacial score (nSPS) is 15.8. The van der Waals surface area contributed by atoms with Gasteiger partial charge in [0.1, 0.15) is 17.7 Å². The molecule has 2 aliphatic heterocycles. The summed E-state index contributed by atoms with van der Waals surface area (Å²) in [7, 11) is -5.59. The molecule has 5 rings (SSSR count). The largest absolute Gasteiger partial charge is 0.490 e. The molecule has 0 aliphatic carbocycles. The van der Waals surface area contributed by atoms with Crippen molar-refractivity contribution in [2.75, 3.05) is 24.1 Å². The molecule has 0 spiro atoms. The van der Waals surface area contributed by atoms with Crippen LogP contribution in [0, 0.1) is 10.8 Å². The predicted octanol–water partition coefficient (Wildman–Crippen LogP) is 3.11. The lowest BCUT2D eigenvalue weighted by Gasteiger charge is -2.33. The van der Waals surface area contributed by atoms with Crippen molar-refractivity contribution in [3.05, 3.63) is 76.0 Å². The molecule has 3 aromatic rings. The number of nitrogens with two attached hydrogens (primary N) is 1. The summed E-state index contributed by atoms with van der Waals surface area (Å²) >= 11 is 1.55. The van der Waals surface area contributed by atoms with Crippen molar-refractivity contribution in [1.29, 1.82) is 10.8 Å². The van der Waals surface area contributed by atoms with Crippen molar-refractivity contribution in [2.45, 2.75) is 43.6 Å². The molecule has 2 aromatic carbocycles. The van der Waals surface area contributed by atoms with Crippen LogP contribution >= 0.6 is 11.3 Å². The number of rotatable bonds is 8. The second-order valence-corrected chi connectivity index (χ2v) is 12.7. The van der Waals surface area contributed by atoms with Gasteiger partial charge < -0.3 is 25.3 Å². The Morgan fingerprint density at radius 2 is 1.80 bits per heavy atom. The zero-order valence-corrected chi connectivity index (χ0v) is 24.3. The second-order valence-electron chi connectivity index (χ2n) is 10.0. The molecule has 0 unspecified atom stereocenters. The lowest BCUT2D eigenvalue weighted by molar-refractivity contribution is 0.131. The number of hydrogen-bond acceptors (Lipinski definition) is 8. The summed E-state index contributed by atoms with van der Waals surface area (Å²) in [6.07, 6.45) is 2.15. The van der Waals surface area contributed by atoms with Gasteiger partial charge in [0.2, 0.25) is 0 Å². The van der Waals surface area contributed by atoms with E-state index in [0.29, 0.717) is 44.2 Å². The molecule has 2 aliphatic rings. The number of thiophene rings is 1. The maximum Gasteiger partial charge on any atom is 0.477 e. The molecule has 3 heterocycles. The number of guanidine groups is 1. The fourth-order valence-corrected chi connectivity index (χ4v) is 7.00. The summed E-state index contributed by atoms with van der Waals surface area (Å²) in [5, 5.41) is 28.1. The Labute approximate surface area is 244 Å². The van der Waals surface area contributed by atoms with E-state index in [2.05, 4.69) is 4.90 Å². The van der Waals surface area contributed by atoms with Gasteiger partial charge in [-0.15, -0.1) is 11.3 Å². The number of nitrogens with zero attached hydrogens (tertiary/aromatic N) is 3. The Kier molecular flexibility index (Phi) is 8.54. The molecular weight excluding hydrogens is 563 g/mol. The van der Waals surface area contributed by atoms with Gasteiger partial charge in [0.25, 0.3) is 10.0 Å². The molecule has 1 aromatic heterocycles. The van der Waals surface area contributed by atoms with Crippen LogP contribution in [0.3, 0.4) is 0 Å². The minimum Gasteiger partial charge on any atom is -0.490 e. The number of nitrogens with one attached hydrogen (secondary N) is 2. The minimum absolute atomic E-state index is 0.0206. The van der Waals surface area contributed by atoms with Crippen molar-refractivity contribution in [1.82, 2.24) is 9.80 Å². The first-order valence-corrected chi connectivity index (χ1v) is 15.7. The quantitative estimate of drug-likeness (QED) is 0.134. The average Bonchev–Trinajstić information content (AvgIpc) is 3.51. The highest BCUT2D eigenvalue weighted by Gasteiger charge is 2.30. The van der Waals surface area contributed by atoms with Crippen LogP contribution in [-0.2, 0) is 27.7 Å². The molecule has 0 saturated carbocycles. The number of anilines is 1. The van der Waals surface area contributed by atoms with Crippen LogP contribution in [0.1, 0.15) is 28.8 Å². The van der Waals surface area contributed by atoms with Crippen molar-refractivity contribution >= 4 is 46.0 Å². The van der Waals surface area contributed by atoms with Crippen LogP contribution in [0.5, 0.6) is 5.75 Å². The Morgan fingerprint density at radius 3 is 2.44 bits per heavy atom. The minimum atomic E-state index is -4.21. The topological polar surface area (TPSA) is 156 Å². The van der Waals surface area contributed by atoms with E-state index in [0.717, 1.165) is 33.3 Å². The highest BCUT2D eigenvalue weighted by Crippen LogP contribution is 2.30.